The average Bonchev–Trinajstić information content (AvgIpc) is 2.50. The van der Waals surface area contributed by atoms with E-state index in [1.807, 2.05) is 0 Å². The summed E-state index contributed by atoms with van der Waals surface area (Å²) in [5, 5.41) is 10.1. The Morgan fingerprint density at radius 2 is 2.11 bits per heavy atom. The minimum Gasteiger partial charge on any atom is -0.507 e. The summed E-state index contributed by atoms with van der Waals surface area (Å²) in [5.74, 6) is 0.0328. The number of para-hydroxylation sites is 1. The number of carbonyl (C=O) groups excluding carboxylic acids is 1. The second kappa shape index (κ2) is 4.96. The molecule has 2 rings (SSSR count). The highest BCUT2D eigenvalue weighted by Crippen LogP contribution is 2.32. The first-order chi connectivity index (χ1) is 8.65. The van der Waals surface area contributed by atoms with E-state index in [-0.39, 0.29) is 17.9 Å². The van der Waals surface area contributed by atoms with E-state index in [9.17, 15) is 9.90 Å². The van der Waals surface area contributed by atoms with E-state index in [4.69, 9.17) is 9.47 Å². The summed E-state index contributed by atoms with van der Waals surface area (Å²) < 4.78 is 10.3. The largest absolute Gasteiger partial charge is 0.507 e. The zero-order valence-corrected chi connectivity index (χ0v) is 10.3. The Bertz CT molecular complexity index is 540. The van der Waals surface area contributed by atoms with Crippen LogP contribution in [0.15, 0.2) is 41.7 Å². The maximum atomic E-state index is 11.7. The number of aliphatic hydroxyl groups excluding tert-OH is 1. The van der Waals surface area contributed by atoms with Gasteiger partial charge in [-0.05, 0) is 26.0 Å². The van der Waals surface area contributed by atoms with E-state index >= 15 is 0 Å². The summed E-state index contributed by atoms with van der Waals surface area (Å²) in [5.41, 5.74) is 1.23. The van der Waals surface area contributed by atoms with Gasteiger partial charge < -0.3 is 14.6 Å². The molecular weight excluding hydrogens is 232 g/mol. The zero-order valence-electron chi connectivity index (χ0n) is 10.3. The number of rotatable bonds is 2. The molecule has 18 heavy (non-hydrogen) atoms. The normalized spacial score (nSPS) is 14.2. The standard InChI is InChI=1S/C14H14O4/c1-3-17-14(16)11-8-18-12-7-5-4-6-10(12)13(15)9(11)2/h4-8,15H,3H2,1-2H3. The molecule has 4 nitrogen and oxygen atoms in total. The van der Waals surface area contributed by atoms with E-state index < -0.39 is 5.97 Å². The van der Waals surface area contributed by atoms with Crippen molar-refractivity contribution in [2.75, 3.05) is 6.61 Å². The first-order valence-electron chi connectivity index (χ1n) is 5.68. The number of hydrogen-bond donors (Lipinski definition) is 1. The number of aliphatic hydroxyl groups is 1. The van der Waals surface area contributed by atoms with Gasteiger partial charge in [0.05, 0.1) is 12.2 Å². The highest BCUT2D eigenvalue weighted by atomic mass is 16.5. The van der Waals surface area contributed by atoms with Crippen LogP contribution >= 0.6 is 0 Å². The van der Waals surface area contributed by atoms with Gasteiger partial charge in [0.1, 0.15) is 23.3 Å². The third-order valence-corrected chi connectivity index (χ3v) is 2.70. The van der Waals surface area contributed by atoms with Crippen molar-refractivity contribution in [3.63, 3.8) is 0 Å². The fourth-order valence-corrected chi connectivity index (χ4v) is 1.72. The van der Waals surface area contributed by atoms with Crippen LogP contribution in [-0.2, 0) is 9.53 Å². The van der Waals surface area contributed by atoms with Gasteiger partial charge in [-0.2, -0.15) is 0 Å². The van der Waals surface area contributed by atoms with Crippen LogP contribution in [-0.4, -0.2) is 17.7 Å². The lowest BCUT2D eigenvalue weighted by atomic mass is 10.0. The van der Waals surface area contributed by atoms with Crippen molar-refractivity contribution in [3.8, 4) is 5.75 Å². The minimum atomic E-state index is -0.505. The Morgan fingerprint density at radius 3 is 2.83 bits per heavy atom. The molecule has 1 N–H and O–H groups in total. The molecule has 0 aromatic heterocycles. The van der Waals surface area contributed by atoms with Crippen molar-refractivity contribution in [3.05, 3.63) is 47.2 Å². The van der Waals surface area contributed by atoms with Crippen molar-refractivity contribution in [2.24, 2.45) is 0 Å². The second-order valence-electron chi connectivity index (χ2n) is 3.84. The van der Waals surface area contributed by atoms with Gasteiger partial charge in [-0.15, -0.1) is 0 Å². The van der Waals surface area contributed by atoms with Gasteiger partial charge in [-0.3, -0.25) is 0 Å². The van der Waals surface area contributed by atoms with Crippen LogP contribution in [0.25, 0.3) is 5.76 Å². The molecule has 0 saturated heterocycles. The number of esters is 1. The Labute approximate surface area is 105 Å². The van der Waals surface area contributed by atoms with Crippen molar-refractivity contribution in [1.29, 1.82) is 0 Å². The van der Waals surface area contributed by atoms with E-state index in [2.05, 4.69) is 0 Å². The molecule has 1 aromatic rings. The smallest absolute Gasteiger partial charge is 0.341 e. The monoisotopic (exact) mass is 246 g/mol. The molecule has 0 radical (unpaired) electrons. The van der Waals surface area contributed by atoms with Crippen molar-refractivity contribution >= 4 is 11.7 Å². The molecular formula is C14H14O4. The van der Waals surface area contributed by atoms with Crippen LogP contribution < -0.4 is 4.74 Å². The van der Waals surface area contributed by atoms with Gasteiger partial charge in [0.2, 0.25) is 0 Å². The predicted octanol–water partition coefficient (Wildman–Crippen LogP) is 2.82. The second-order valence-corrected chi connectivity index (χ2v) is 3.84. The molecule has 1 aromatic carbocycles. The molecule has 1 aliphatic heterocycles. The van der Waals surface area contributed by atoms with Crippen LogP contribution in [0.1, 0.15) is 19.4 Å². The maximum Gasteiger partial charge on any atom is 0.341 e. The first kappa shape index (κ1) is 12.2. The highest BCUT2D eigenvalue weighted by molar-refractivity contribution is 5.96. The van der Waals surface area contributed by atoms with Crippen LogP contribution in [0.2, 0.25) is 0 Å². The summed E-state index contributed by atoms with van der Waals surface area (Å²) in [6, 6.07) is 7.05. The molecule has 0 fully saturated rings. The van der Waals surface area contributed by atoms with E-state index in [0.29, 0.717) is 16.9 Å². The van der Waals surface area contributed by atoms with Crippen LogP contribution in [0, 0.1) is 0 Å². The van der Waals surface area contributed by atoms with Crippen molar-refractivity contribution in [2.45, 2.75) is 13.8 Å². The molecule has 0 amide bonds. The molecule has 0 spiro atoms. The van der Waals surface area contributed by atoms with E-state index in [0.717, 1.165) is 0 Å². The van der Waals surface area contributed by atoms with Crippen LogP contribution in [0.4, 0.5) is 0 Å². The third-order valence-electron chi connectivity index (χ3n) is 2.70. The molecule has 0 unspecified atom stereocenters. The Morgan fingerprint density at radius 1 is 1.39 bits per heavy atom. The maximum absolute atomic E-state index is 11.7. The average molecular weight is 246 g/mol. The number of benzene rings is 1. The molecule has 4 heteroatoms. The highest BCUT2D eigenvalue weighted by Gasteiger charge is 2.22. The first-order valence-corrected chi connectivity index (χ1v) is 5.68. The van der Waals surface area contributed by atoms with Crippen molar-refractivity contribution in [1.82, 2.24) is 0 Å². The van der Waals surface area contributed by atoms with Crippen LogP contribution in [0.3, 0.4) is 0 Å². The summed E-state index contributed by atoms with van der Waals surface area (Å²) in [4.78, 5) is 11.7. The number of ether oxygens (including phenoxy) is 2. The Hall–Kier alpha value is -2.23. The quantitative estimate of drug-likeness (QED) is 0.815. The summed E-state index contributed by atoms with van der Waals surface area (Å²) in [6.07, 6.45) is 1.31. The molecule has 1 aliphatic rings. The summed E-state index contributed by atoms with van der Waals surface area (Å²) in [7, 11) is 0. The lowest BCUT2D eigenvalue weighted by Gasteiger charge is -2.07. The van der Waals surface area contributed by atoms with Gasteiger partial charge in [-0.1, -0.05) is 12.1 Å². The fourth-order valence-electron chi connectivity index (χ4n) is 1.72. The summed E-state index contributed by atoms with van der Waals surface area (Å²) in [6.45, 7) is 3.66. The molecule has 0 bridgehead atoms. The Balaban J connectivity index is 2.47. The third kappa shape index (κ3) is 2.09. The van der Waals surface area contributed by atoms with E-state index in [1.165, 1.54) is 6.26 Å². The van der Waals surface area contributed by atoms with Crippen molar-refractivity contribution < 1.29 is 19.4 Å². The number of fused-ring (bicyclic) bond motifs is 1. The fraction of sp³-hybridized carbons (Fsp3) is 0.214. The Kier molecular flexibility index (Phi) is 3.37. The van der Waals surface area contributed by atoms with Gasteiger partial charge in [0.15, 0.2) is 0 Å². The van der Waals surface area contributed by atoms with Gasteiger partial charge in [0, 0.05) is 5.57 Å². The zero-order chi connectivity index (χ0) is 13.1. The molecule has 1 heterocycles. The lowest BCUT2D eigenvalue weighted by Crippen LogP contribution is -2.09. The molecule has 0 atom stereocenters. The van der Waals surface area contributed by atoms with Gasteiger partial charge in [-0.25, -0.2) is 4.79 Å². The predicted molar refractivity (Wildman–Crippen MR) is 67.0 cm³/mol. The summed E-state index contributed by atoms with van der Waals surface area (Å²) >= 11 is 0. The lowest BCUT2D eigenvalue weighted by molar-refractivity contribution is -0.138. The van der Waals surface area contributed by atoms with E-state index in [1.54, 1.807) is 38.1 Å². The van der Waals surface area contributed by atoms with Crippen LogP contribution in [0.5, 0.6) is 5.75 Å². The topological polar surface area (TPSA) is 55.8 Å². The minimum absolute atomic E-state index is 0.0300. The SMILES string of the molecule is CCOC(=O)C1=COc2ccccc2C(O)=C1C. The number of carbonyl (C=O) groups is 1. The number of hydrogen-bond acceptors (Lipinski definition) is 4. The van der Waals surface area contributed by atoms with Gasteiger partial charge >= 0.3 is 5.97 Å². The molecule has 0 saturated carbocycles. The van der Waals surface area contributed by atoms with Gasteiger partial charge in [0.25, 0.3) is 0 Å². The molecule has 94 valence electrons. The molecule has 0 aliphatic carbocycles.